The average Bonchev–Trinajstić information content (AvgIpc) is 2.72. The summed E-state index contributed by atoms with van der Waals surface area (Å²) >= 11 is 0. The molecule has 0 aliphatic rings. The van der Waals surface area contributed by atoms with Gasteiger partial charge in [0.05, 0.1) is 25.8 Å². The fraction of sp³-hybridized carbons (Fsp3) is 0.350. The number of aliphatic hydroxyl groups excluding tert-OH is 1. The summed E-state index contributed by atoms with van der Waals surface area (Å²) in [6.07, 6.45) is 2.35. The van der Waals surface area contributed by atoms with E-state index in [2.05, 4.69) is 21.9 Å². The summed E-state index contributed by atoms with van der Waals surface area (Å²) in [4.78, 5) is 22.3. The van der Waals surface area contributed by atoms with Gasteiger partial charge in [-0.1, -0.05) is 18.2 Å². The molecular formula is C20H28N6O4. The van der Waals surface area contributed by atoms with Gasteiger partial charge >= 0.3 is 6.09 Å². The van der Waals surface area contributed by atoms with Crippen LogP contribution < -0.4 is 21.7 Å². The van der Waals surface area contributed by atoms with E-state index in [1.807, 2.05) is 0 Å². The molecule has 2 rings (SSSR count). The maximum atomic E-state index is 12.6. The number of nitrogen functional groups attached to an aromatic ring is 2. The lowest BCUT2D eigenvalue weighted by Crippen LogP contribution is -2.33. The van der Waals surface area contributed by atoms with Gasteiger partial charge in [-0.15, -0.1) is 6.58 Å². The summed E-state index contributed by atoms with van der Waals surface area (Å²) in [5.41, 5.74) is 12.7. The van der Waals surface area contributed by atoms with Crippen LogP contribution in [-0.4, -0.2) is 45.5 Å². The van der Waals surface area contributed by atoms with Crippen LogP contribution in [-0.2, 0) is 11.3 Å². The predicted octanol–water partition coefficient (Wildman–Crippen LogP) is 2.25. The molecule has 0 fully saturated rings. The second kappa shape index (κ2) is 10.9. The molecule has 1 amide bonds. The standard InChI is InChI=1S/C20H28N6O4/c1-3-5-8-14(12-27)23-19-24-17(22)16(21)18(25-19)26(20(29)30-4-2)11-13-7-6-9-15(28)10-13/h3,6-7,9-10,14,27-28H,1,4-5,8,11-12,21H2,2H3,(H3,22,23,24,25). The van der Waals surface area contributed by atoms with Crippen molar-refractivity contribution >= 4 is 29.4 Å². The Bertz CT molecular complexity index is 876. The van der Waals surface area contributed by atoms with Crippen LogP contribution in [0.5, 0.6) is 5.75 Å². The van der Waals surface area contributed by atoms with Gasteiger partial charge in [0.25, 0.3) is 0 Å². The van der Waals surface area contributed by atoms with Crippen LogP contribution >= 0.6 is 0 Å². The highest BCUT2D eigenvalue weighted by atomic mass is 16.6. The van der Waals surface area contributed by atoms with Crippen molar-refractivity contribution in [1.29, 1.82) is 0 Å². The molecule has 0 spiro atoms. The number of anilines is 4. The van der Waals surface area contributed by atoms with Crippen LogP contribution in [0.25, 0.3) is 0 Å². The molecule has 0 saturated heterocycles. The maximum Gasteiger partial charge on any atom is 0.415 e. The molecule has 10 heteroatoms. The Morgan fingerprint density at radius 2 is 2.17 bits per heavy atom. The lowest BCUT2D eigenvalue weighted by atomic mass is 10.1. The molecule has 10 nitrogen and oxygen atoms in total. The first-order chi connectivity index (χ1) is 14.4. The molecule has 30 heavy (non-hydrogen) atoms. The fourth-order valence-electron chi connectivity index (χ4n) is 2.72. The van der Waals surface area contributed by atoms with E-state index in [4.69, 9.17) is 16.2 Å². The van der Waals surface area contributed by atoms with Crippen LogP contribution in [0.4, 0.5) is 28.1 Å². The third-order valence-corrected chi connectivity index (χ3v) is 4.22. The van der Waals surface area contributed by atoms with Gasteiger partial charge in [-0.3, -0.25) is 4.90 Å². The van der Waals surface area contributed by atoms with Crippen molar-refractivity contribution in [3.05, 3.63) is 42.5 Å². The summed E-state index contributed by atoms with van der Waals surface area (Å²) in [6, 6.07) is 6.10. The summed E-state index contributed by atoms with van der Waals surface area (Å²) in [6.45, 7) is 5.38. The zero-order chi connectivity index (χ0) is 22.1. The smallest absolute Gasteiger partial charge is 0.415 e. The van der Waals surface area contributed by atoms with Crippen molar-refractivity contribution in [2.75, 3.05) is 34.9 Å². The molecule has 1 heterocycles. The van der Waals surface area contributed by atoms with Crippen molar-refractivity contribution in [1.82, 2.24) is 9.97 Å². The fourth-order valence-corrected chi connectivity index (χ4v) is 2.72. The molecule has 162 valence electrons. The number of nitrogens with two attached hydrogens (primary N) is 2. The Kier molecular flexibility index (Phi) is 8.24. The number of aliphatic hydroxyl groups is 1. The lowest BCUT2D eigenvalue weighted by Gasteiger charge is -2.24. The molecule has 1 unspecified atom stereocenters. The molecule has 0 saturated carbocycles. The lowest BCUT2D eigenvalue weighted by molar-refractivity contribution is 0.159. The van der Waals surface area contributed by atoms with E-state index in [1.54, 1.807) is 25.1 Å². The second-order valence-electron chi connectivity index (χ2n) is 6.51. The van der Waals surface area contributed by atoms with E-state index < -0.39 is 6.09 Å². The molecule has 0 bridgehead atoms. The summed E-state index contributed by atoms with van der Waals surface area (Å²) in [5, 5.41) is 22.3. The number of aromatic nitrogens is 2. The van der Waals surface area contributed by atoms with Gasteiger partial charge in [-0.25, -0.2) is 4.79 Å². The predicted molar refractivity (Wildman–Crippen MR) is 116 cm³/mol. The summed E-state index contributed by atoms with van der Waals surface area (Å²) in [5.74, 6) is 0.215. The monoisotopic (exact) mass is 416 g/mol. The zero-order valence-electron chi connectivity index (χ0n) is 16.9. The number of hydrogen-bond donors (Lipinski definition) is 5. The average molecular weight is 416 g/mol. The highest BCUT2D eigenvalue weighted by Gasteiger charge is 2.24. The normalized spacial score (nSPS) is 11.5. The van der Waals surface area contributed by atoms with Gasteiger partial charge in [0.2, 0.25) is 5.95 Å². The zero-order valence-corrected chi connectivity index (χ0v) is 16.9. The first-order valence-electron chi connectivity index (χ1n) is 9.53. The van der Waals surface area contributed by atoms with Gasteiger partial charge in [0.1, 0.15) is 11.4 Å². The summed E-state index contributed by atoms with van der Waals surface area (Å²) < 4.78 is 5.15. The number of rotatable bonds is 10. The number of phenolic OH excluding ortho intramolecular Hbond substituents is 1. The molecule has 1 aromatic carbocycles. The quantitative estimate of drug-likeness (QED) is 0.366. The Morgan fingerprint density at radius 3 is 2.80 bits per heavy atom. The molecule has 0 radical (unpaired) electrons. The minimum absolute atomic E-state index is 0.0143. The Labute approximate surface area is 175 Å². The van der Waals surface area contributed by atoms with Gasteiger partial charge in [-0.05, 0) is 37.5 Å². The van der Waals surface area contributed by atoms with Gasteiger partial charge in [0.15, 0.2) is 11.6 Å². The topological polar surface area (TPSA) is 160 Å². The number of hydrogen-bond acceptors (Lipinski definition) is 9. The van der Waals surface area contributed by atoms with Crippen LogP contribution in [0.3, 0.4) is 0 Å². The number of allylic oxidation sites excluding steroid dienone is 1. The first-order valence-corrected chi connectivity index (χ1v) is 9.53. The highest BCUT2D eigenvalue weighted by molar-refractivity contribution is 5.92. The summed E-state index contributed by atoms with van der Waals surface area (Å²) in [7, 11) is 0. The number of carbonyl (C=O) groups excluding carboxylic acids is 1. The van der Waals surface area contributed by atoms with Crippen LogP contribution in [0.1, 0.15) is 25.3 Å². The van der Waals surface area contributed by atoms with Crippen molar-refractivity contribution in [2.24, 2.45) is 0 Å². The first kappa shape index (κ1) is 22.8. The van der Waals surface area contributed by atoms with Gasteiger partial charge in [-0.2, -0.15) is 9.97 Å². The highest BCUT2D eigenvalue weighted by Crippen LogP contribution is 2.29. The third-order valence-electron chi connectivity index (χ3n) is 4.22. The molecule has 7 N–H and O–H groups in total. The van der Waals surface area contributed by atoms with Crippen LogP contribution in [0.2, 0.25) is 0 Å². The number of nitrogens with zero attached hydrogens (tertiary/aromatic N) is 3. The number of benzene rings is 1. The SMILES string of the molecule is C=CCCC(CO)Nc1nc(N)c(N)c(N(Cc2cccc(O)c2)C(=O)OCC)n1. The van der Waals surface area contributed by atoms with E-state index in [0.717, 1.165) is 0 Å². The van der Waals surface area contributed by atoms with Gasteiger partial charge < -0.3 is 31.7 Å². The minimum Gasteiger partial charge on any atom is -0.508 e. The van der Waals surface area contributed by atoms with Crippen molar-refractivity contribution < 1.29 is 19.7 Å². The van der Waals surface area contributed by atoms with Gasteiger partial charge in [0, 0.05) is 0 Å². The molecule has 2 aromatic rings. The third kappa shape index (κ3) is 5.98. The largest absolute Gasteiger partial charge is 0.508 e. The maximum absolute atomic E-state index is 12.6. The second-order valence-corrected chi connectivity index (χ2v) is 6.51. The molecule has 0 aliphatic heterocycles. The number of carbonyl (C=O) groups is 1. The van der Waals surface area contributed by atoms with Crippen molar-refractivity contribution in [3.63, 3.8) is 0 Å². The number of phenols is 1. The van der Waals surface area contributed by atoms with Crippen LogP contribution in [0.15, 0.2) is 36.9 Å². The number of aromatic hydroxyl groups is 1. The number of ether oxygens (including phenoxy) is 1. The Hall–Kier alpha value is -3.53. The molecular weight excluding hydrogens is 388 g/mol. The molecule has 1 atom stereocenters. The van der Waals surface area contributed by atoms with E-state index in [9.17, 15) is 15.0 Å². The van der Waals surface area contributed by atoms with Crippen LogP contribution in [0, 0.1) is 0 Å². The van der Waals surface area contributed by atoms with Crippen molar-refractivity contribution in [3.8, 4) is 5.75 Å². The minimum atomic E-state index is -0.679. The van der Waals surface area contributed by atoms with Crippen molar-refractivity contribution in [2.45, 2.75) is 32.4 Å². The number of nitrogens with one attached hydrogen (secondary N) is 1. The Balaban J connectivity index is 2.41. The Morgan fingerprint density at radius 1 is 1.40 bits per heavy atom. The van der Waals surface area contributed by atoms with E-state index in [-0.39, 0.29) is 54.8 Å². The molecule has 0 aliphatic carbocycles. The van der Waals surface area contributed by atoms with E-state index in [0.29, 0.717) is 18.4 Å². The van der Waals surface area contributed by atoms with E-state index >= 15 is 0 Å². The number of amides is 1. The van der Waals surface area contributed by atoms with E-state index in [1.165, 1.54) is 17.0 Å². The molecule has 1 aromatic heterocycles.